The molecular formula is C11H16ClN5O. The summed E-state index contributed by atoms with van der Waals surface area (Å²) in [4.78, 5) is 0. The molecular weight excluding hydrogens is 254 g/mol. The number of rotatable bonds is 4. The summed E-state index contributed by atoms with van der Waals surface area (Å²) in [6.45, 7) is 0.530. The van der Waals surface area contributed by atoms with E-state index in [4.69, 9.17) is 16.3 Å². The van der Waals surface area contributed by atoms with Crippen molar-refractivity contribution >= 4 is 17.4 Å². The number of hydrogen-bond acceptors (Lipinski definition) is 5. The smallest absolute Gasteiger partial charge is 0.152 e. The van der Waals surface area contributed by atoms with Gasteiger partial charge >= 0.3 is 0 Å². The first-order chi connectivity index (χ1) is 8.58. The van der Waals surface area contributed by atoms with E-state index in [-0.39, 0.29) is 0 Å². The van der Waals surface area contributed by atoms with Crippen molar-refractivity contribution in [2.45, 2.75) is 6.61 Å². The van der Waals surface area contributed by atoms with E-state index < -0.39 is 0 Å². The van der Waals surface area contributed by atoms with E-state index in [1.165, 1.54) is 0 Å². The van der Waals surface area contributed by atoms with Crippen molar-refractivity contribution in [1.29, 1.82) is 0 Å². The molecule has 0 aromatic carbocycles. The molecule has 0 saturated heterocycles. The molecule has 0 amide bonds. The average molecular weight is 270 g/mol. The molecule has 6 nitrogen and oxygen atoms in total. The molecule has 1 aliphatic heterocycles. The Bertz CT molecular complexity index is 494. The number of halogens is 1. The molecule has 0 radical (unpaired) electrons. The first-order valence-electron chi connectivity index (χ1n) is 5.46. The minimum Gasteiger partial charge on any atom is -0.378 e. The first-order valence-corrected chi connectivity index (χ1v) is 5.83. The number of ether oxygens (including phenoxy) is 1. The monoisotopic (exact) mass is 269 g/mol. The maximum atomic E-state index is 5.94. The van der Waals surface area contributed by atoms with Crippen LogP contribution in [0.3, 0.4) is 0 Å². The Kier molecular flexibility index (Phi) is 3.78. The van der Waals surface area contributed by atoms with Gasteiger partial charge in [-0.25, -0.2) is 0 Å². The second-order valence-corrected chi connectivity index (χ2v) is 4.41. The van der Waals surface area contributed by atoms with Gasteiger partial charge in [0.25, 0.3) is 0 Å². The Hall–Kier alpha value is -1.66. The number of aromatic nitrogens is 2. The molecule has 0 atom stereocenters. The largest absolute Gasteiger partial charge is 0.378 e. The third-order valence-electron chi connectivity index (χ3n) is 2.44. The number of hydrazine groups is 1. The topological polar surface area (TPSA) is 54.4 Å². The van der Waals surface area contributed by atoms with E-state index >= 15 is 0 Å². The van der Waals surface area contributed by atoms with Gasteiger partial charge in [-0.3, -0.25) is 15.1 Å². The summed E-state index contributed by atoms with van der Waals surface area (Å²) in [5, 5.41) is 9.86. The molecule has 0 spiro atoms. The molecule has 98 valence electrons. The van der Waals surface area contributed by atoms with Gasteiger partial charge in [-0.1, -0.05) is 11.6 Å². The summed E-state index contributed by atoms with van der Waals surface area (Å²) >= 11 is 5.94. The zero-order valence-corrected chi connectivity index (χ0v) is 11.3. The number of aryl methyl sites for hydroxylation is 1. The van der Waals surface area contributed by atoms with Crippen LogP contribution < -0.4 is 10.7 Å². The van der Waals surface area contributed by atoms with Crippen molar-refractivity contribution in [3.05, 3.63) is 34.9 Å². The normalized spacial score (nSPS) is 15.0. The van der Waals surface area contributed by atoms with E-state index in [9.17, 15) is 0 Å². The van der Waals surface area contributed by atoms with Gasteiger partial charge in [0, 0.05) is 33.5 Å². The number of hydrogen-bond donors (Lipinski definition) is 2. The number of anilines is 1. The highest BCUT2D eigenvalue weighted by molar-refractivity contribution is 6.29. The summed E-state index contributed by atoms with van der Waals surface area (Å²) in [5.74, 6) is 0.756. The SMILES string of the molecule is COCc1cc(NC2=CN(C)NC(Cl)=C2)nn1C. The molecule has 0 fully saturated rings. The van der Waals surface area contributed by atoms with Crippen LogP contribution in [0.4, 0.5) is 5.82 Å². The predicted octanol–water partition coefficient (Wildman–Crippen LogP) is 1.35. The summed E-state index contributed by atoms with van der Waals surface area (Å²) in [5.41, 5.74) is 4.79. The standard InChI is InChI=1S/C11H16ClN5O/c1-16-6-8(4-10(12)14-16)13-11-5-9(7-18-3)17(2)15-11/h4-6,14H,7H2,1-3H3,(H,13,15). The molecule has 7 heteroatoms. The van der Waals surface area contributed by atoms with Gasteiger partial charge in [0.15, 0.2) is 5.82 Å². The van der Waals surface area contributed by atoms with Gasteiger partial charge < -0.3 is 10.1 Å². The molecule has 18 heavy (non-hydrogen) atoms. The summed E-state index contributed by atoms with van der Waals surface area (Å²) in [6, 6.07) is 1.94. The second kappa shape index (κ2) is 5.32. The van der Waals surface area contributed by atoms with Crippen LogP contribution in [-0.4, -0.2) is 28.9 Å². The zero-order chi connectivity index (χ0) is 13.1. The highest BCUT2D eigenvalue weighted by Gasteiger charge is 2.09. The second-order valence-electron chi connectivity index (χ2n) is 4.00. The minimum atomic E-state index is 0.530. The van der Waals surface area contributed by atoms with Gasteiger partial charge in [-0.15, -0.1) is 0 Å². The van der Waals surface area contributed by atoms with Crippen LogP contribution in [0.2, 0.25) is 0 Å². The number of allylic oxidation sites excluding steroid dienone is 1. The van der Waals surface area contributed by atoms with Crippen LogP contribution in [0, 0.1) is 0 Å². The Morgan fingerprint density at radius 2 is 2.28 bits per heavy atom. The van der Waals surface area contributed by atoms with Crippen molar-refractivity contribution in [2.24, 2.45) is 7.05 Å². The molecule has 1 aromatic rings. The molecule has 0 unspecified atom stereocenters. The lowest BCUT2D eigenvalue weighted by molar-refractivity contribution is 0.178. The fraction of sp³-hybridized carbons (Fsp3) is 0.364. The van der Waals surface area contributed by atoms with Crippen molar-refractivity contribution in [3.63, 3.8) is 0 Å². The van der Waals surface area contributed by atoms with Crippen LogP contribution in [0.1, 0.15) is 5.69 Å². The summed E-state index contributed by atoms with van der Waals surface area (Å²) in [6.07, 6.45) is 3.68. The Morgan fingerprint density at radius 1 is 1.50 bits per heavy atom. The Balaban J connectivity index is 2.12. The fourth-order valence-electron chi connectivity index (χ4n) is 1.68. The highest BCUT2D eigenvalue weighted by Crippen LogP contribution is 2.16. The lowest BCUT2D eigenvalue weighted by Gasteiger charge is -2.22. The van der Waals surface area contributed by atoms with Crippen LogP contribution in [0.25, 0.3) is 0 Å². The molecule has 1 aliphatic rings. The summed E-state index contributed by atoms with van der Waals surface area (Å²) < 4.78 is 6.87. The third kappa shape index (κ3) is 2.96. The molecule has 2 N–H and O–H groups in total. The fourth-order valence-corrected chi connectivity index (χ4v) is 1.93. The van der Waals surface area contributed by atoms with Crippen molar-refractivity contribution in [2.75, 3.05) is 19.5 Å². The van der Waals surface area contributed by atoms with Gasteiger partial charge in [0.05, 0.1) is 18.0 Å². The van der Waals surface area contributed by atoms with E-state index in [0.717, 1.165) is 17.2 Å². The van der Waals surface area contributed by atoms with Crippen LogP contribution in [0.15, 0.2) is 29.2 Å². The Morgan fingerprint density at radius 3 is 2.94 bits per heavy atom. The van der Waals surface area contributed by atoms with Crippen molar-refractivity contribution < 1.29 is 4.74 Å². The lowest BCUT2D eigenvalue weighted by atomic mass is 10.4. The average Bonchev–Trinajstić information content (AvgIpc) is 2.58. The Labute approximate surface area is 111 Å². The van der Waals surface area contributed by atoms with E-state index in [2.05, 4.69) is 15.8 Å². The molecule has 0 saturated carbocycles. The molecule has 0 bridgehead atoms. The molecule has 0 aliphatic carbocycles. The lowest BCUT2D eigenvalue weighted by Crippen LogP contribution is -2.31. The van der Waals surface area contributed by atoms with Gasteiger partial charge in [0.1, 0.15) is 5.16 Å². The van der Waals surface area contributed by atoms with Crippen LogP contribution in [0.5, 0.6) is 0 Å². The molecule has 2 heterocycles. The zero-order valence-electron chi connectivity index (χ0n) is 10.6. The van der Waals surface area contributed by atoms with Gasteiger partial charge in [-0.2, -0.15) is 5.10 Å². The van der Waals surface area contributed by atoms with E-state index in [0.29, 0.717) is 11.8 Å². The molecule has 2 rings (SSSR count). The maximum absolute atomic E-state index is 5.94. The van der Waals surface area contributed by atoms with Crippen molar-refractivity contribution in [1.82, 2.24) is 20.2 Å². The number of nitrogens with zero attached hydrogens (tertiary/aromatic N) is 3. The van der Waals surface area contributed by atoms with Gasteiger partial charge in [-0.05, 0) is 6.08 Å². The first kappa shape index (κ1) is 12.8. The predicted molar refractivity (Wildman–Crippen MR) is 70.5 cm³/mol. The van der Waals surface area contributed by atoms with E-state index in [1.807, 2.05) is 26.4 Å². The number of nitrogens with one attached hydrogen (secondary N) is 2. The van der Waals surface area contributed by atoms with E-state index in [1.54, 1.807) is 22.9 Å². The van der Waals surface area contributed by atoms with Crippen molar-refractivity contribution in [3.8, 4) is 0 Å². The molecule has 1 aromatic heterocycles. The third-order valence-corrected chi connectivity index (χ3v) is 2.63. The quantitative estimate of drug-likeness (QED) is 0.808. The van der Waals surface area contributed by atoms with Crippen LogP contribution >= 0.6 is 11.6 Å². The van der Waals surface area contributed by atoms with Gasteiger partial charge in [0.2, 0.25) is 0 Å². The maximum Gasteiger partial charge on any atom is 0.152 e. The summed E-state index contributed by atoms with van der Waals surface area (Å²) in [7, 11) is 5.41. The number of methoxy groups -OCH3 is 1. The van der Waals surface area contributed by atoms with Crippen LogP contribution in [-0.2, 0) is 18.4 Å². The highest BCUT2D eigenvalue weighted by atomic mass is 35.5. The minimum absolute atomic E-state index is 0.530.